The van der Waals surface area contributed by atoms with Crippen LogP contribution in [0.1, 0.15) is 39.5 Å². The van der Waals surface area contributed by atoms with Crippen molar-refractivity contribution in [1.29, 1.82) is 0 Å². The van der Waals surface area contributed by atoms with Crippen molar-refractivity contribution >= 4 is 14.2 Å². The summed E-state index contributed by atoms with van der Waals surface area (Å²) in [7, 11) is 0.0683. The van der Waals surface area contributed by atoms with Crippen LogP contribution in [0.25, 0.3) is 0 Å². The zero-order valence-electron chi connectivity index (χ0n) is 11.6. The summed E-state index contributed by atoms with van der Waals surface area (Å²) in [6, 6.07) is 0. The van der Waals surface area contributed by atoms with Crippen LogP contribution in [-0.2, 0) is 18.6 Å². The quantitative estimate of drug-likeness (QED) is 0.516. The lowest BCUT2D eigenvalue weighted by molar-refractivity contribution is 0.198. The second-order valence-corrected chi connectivity index (χ2v) is 5.14. The first kappa shape index (κ1) is 14.4. The van der Waals surface area contributed by atoms with Gasteiger partial charge in [-0.05, 0) is 25.5 Å². The summed E-state index contributed by atoms with van der Waals surface area (Å²) in [5, 5.41) is 0. The Balaban J connectivity index is 1.49. The van der Waals surface area contributed by atoms with Gasteiger partial charge < -0.3 is 18.6 Å². The molecule has 0 aromatic rings. The van der Waals surface area contributed by atoms with Gasteiger partial charge in [0.15, 0.2) is 0 Å². The molecule has 102 valence electrons. The smallest absolute Gasteiger partial charge is 0.408 e. The molecule has 0 bridgehead atoms. The second kappa shape index (κ2) is 7.53. The summed E-state index contributed by atoms with van der Waals surface area (Å²) in [6.45, 7) is 5.71. The van der Waals surface area contributed by atoms with Crippen molar-refractivity contribution in [3.05, 3.63) is 0 Å². The molecule has 0 spiro atoms. The lowest BCUT2D eigenvalue weighted by atomic mass is 9.87. The molecule has 2 saturated heterocycles. The van der Waals surface area contributed by atoms with Gasteiger partial charge in [0.1, 0.15) is 0 Å². The Bertz CT molecular complexity index is 218. The molecule has 2 aliphatic heterocycles. The largest absolute Gasteiger partial charge is 0.456 e. The van der Waals surface area contributed by atoms with E-state index in [0.717, 1.165) is 38.7 Å². The molecule has 18 heavy (non-hydrogen) atoms. The third kappa shape index (κ3) is 4.26. The van der Waals surface area contributed by atoms with E-state index in [1.54, 1.807) is 0 Å². The van der Waals surface area contributed by atoms with Gasteiger partial charge in [0.05, 0.1) is 25.4 Å². The predicted molar refractivity (Wildman–Crippen MR) is 72.6 cm³/mol. The third-order valence-corrected chi connectivity index (χ3v) is 3.59. The van der Waals surface area contributed by atoms with Crippen molar-refractivity contribution in [3.63, 3.8) is 0 Å². The maximum absolute atomic E-state index is 5.74. The fourth-order valence-corrected chi connectivity index (χ4v) is 2.49. The van der Waals surface area contributed by atoms with E-state index in [9.17, 15) is 0 Å². The van der Waals surface area contributed by atoms with Crippen LogP contribution in [0.3, 0.4) is 0 Å². The first-order chi connectivity index (χ1) is 8.81. The highest BCUT2D eigenvalue weighted by Gasteiger charge is 2.30. The molecular weight excluding hydrogens is 230 g/mol. The van der Waals surface area contributed by atoms with Crippen molar-refractivity contribution in [3.8, 4) is 0 Å². The monoisotopic (exact) mass is 254 g/mol. The topological polar surface area (TPSA) is 36.9 Å². The number of hydrogen-bond acceptors (Lipinski definition) is 4. The number of unbranched alkanes of at least 4 members (excludes halogenated alkanes) is 1. The molecule has 2 unspecified atom stereocenters. The molecule has 0 saturated carbocycles. The van der Waals surface area contributed by atoms with Crippen molar-refractivity contribution < 1.29 is 18.6 Å². The van der Waals surface area contributed by atoms with Crippen LogP contribution in [0, 0.1) is 0 Å². The van der Waals surface area contributed by atoms with E-state index >= 15 is 0 Å². The summed E-state index contributed by atoms with van der Waals surface area (Å²) >= 11 is 0. The molecule has 0 radical (unpaired) electrons. The van der Waals surface area contributed by atoms with Crippen molar-refractivity contribution in [2.75, 3.05) is 13.2 Å². The summed E-state index contributed by atoms with van der Waals surface area (Å²) in [5.74, 6) is 0. The highest BCUT2D eigenvalue weighted by atomic mass is 16.6. The minimum Gasteiger partial charge on any atom is -0.408 e. The van der Waals surface area contributed by atoms with Gasteiger partial charge in [0, 0.05) is 0 Å². The van der Waals surface area contributed by atoms with E-state index in [2.05, 4.69) is 13.8 Å². The minimum atomic E-state index is 0.0341. The molecule has 0 amide bonds. The first-order valence-corrected chi connectivity index (χ1v) is 7.36. The van der Waals surface area contributed by atoms with Crippen LogP contribution < -0.4 is 0 Å². The van der Waals surface area contributed by atoms with Gasteiger partial charge in [0.25, 0.3) is 0 Å². The average Bonchev–Trinajstić information content (AvgIpc) is 3.03. The summed E-state index contributed by atoms with van der Waals surface area (Å²) in [6.07, 6.45) is 7.06. The average molecular weight is 254 g/mol. The zero-order valence-corrected chi connectivity index (χ0v) is 11.6. The molecule has 2 fully saturated rings. The maximum Gasteiger partial charge on any atom is 0.456 e. The molecule has 0 aliphatic carbocycles. The Morgan fingerprint density at radius 2 is 1.28 bits per heavy atom. The summed E-state index contributed by atoms with van der Waals surface area (Å²) < 4.78 is 22.5. The molecule has 2 rings (SSSR count). The Morgan fingerprint density at radius 3 is 1.61 bits per heavy atom. The van der Waals surface area contributed by atoms with Crippen LogP contribution in [0.2, 0.25) is 12.6 Å². The van der Waals surface area contributed by atoms with Gasteiger partial charge >= 0.3 is 14.2 Å². The molecule has 4 nitrogen and oxygen atoms in total. The second-order valence-electron chi connectivity index (χ2n) is 5.14. The van der Waals surface area contributed by atoms with E-state index in [-0.39, 0.29) is 14.2 Å². The fourth-order valence-electron chi connectivity index (χ4n) is 2.49. The number of rotatable bonds is 7. The van der Waals surface area contributed by atoms with Crippen molar-refractivity contribution in [2.24, 2.45) is 0 Å². The highest BCUT2D eigenvalue weighted by molar-refractivity contribution is 6.45. The van der Waals surface area contributed by atoms with Gasteiger partial charge in [-0.25, -0.2) is 0 Å². The van der Waals surface area contributed by atoms with Crippen LogP contribution in [-0.4, -0.2) is 39.7 Å². The normalized spacial score (nSPS) is 28.3. The minimum absolute atomic E-state index is 0.0341. The molecule has 0 aromatic carbocycles. The lowest BCUT2D eigenvalue weighted by Crippen LogP contribution is -2.16. The molecule has 0 N–H and O–H groups in total. The van der Waals surface area contributed by atoms with E-state index in [4.69, 9.17) is 18.6 Å². The molecule has 0 aromatic heterocycles. The van der Waals surface area contributed by atoms with Gasteiger partial charge in [-0.15, -0.1) is 0 Å². The molecular formula is C12H24B2O4. The highest BCUT2D eigenvalue weighted by Crippen LogP contribution is 2.20. The number of hydrogen-bond donors (Lipinski definition) is 0. The Hall–Kier alpha value is -0.0301. The summed E-state index contributed by atoms with van der Waals surface area (Å²) in [5.41, 5.74) is 0. The Kier molecular flexibility index (Phi) is 6.02. The van der Waals surface area contributed by atoms with Crippen LogP contribution >= 0.6 is 0 Å². The van der Waals surface area contributed by atoms with Gasteiger partial charge in [-0.1, -0.05) is 26.7 Å². The SMILES string of the molecule is CCB1OCC(CCCCC2COB(CC)O2)O1. The molecule has 2 aliphatic rings. The Morgan fingerprint density at radius 1 is 0.833 bits per heavy atom. The van der Waals surface area contributed by atoms with Gasteiger partial charge in [0.2, 0.25) is 0 Å². The fraction of sp³-hybridized carbons (Fsp3) is 1.00. The van der Waals surface area contributed by atoms with E-state index in [0.29, 0.717) is 12.2 Å². The third-order valence-electron chi connectivity index (χ3n) is 3.59. The van der Waals surface area contributed by atoms with E-state index in [1.807, 2.05) is 0 Å². The van der Waals surface area contributed by atoms with Crippen LogP contribution in [0.4, 0.5) is 0 Å². The molecule has 6 heteroatoms. The Labute approximate surface area is 111 Å². The van der Waals surface area contributed by atoms with Gasteiger partial charge in [-0.2, -0.15) is 0 Å². The van der Waals surface area contributed by atoms with Crippen molar-refractivity contribution in [2.45, 2.75) is 64.4 Å². The van der Waals surface area contributed by atoms with Gasteiger partial charge in [-0.3, -0.25) is 0 Å². The van der Waals surface area contributed by atoms with E-state index in [1.165, 1.54) is 12.8 Å². The van der Waals surface area contributed by atoms with Crippen LogP contribution in [0.5, 0.6) is 0 Å². The standard InChI is InChI=1S/C12H24B2O4/c1-3-13-15-9-11(17-13)7-5-6-8-12-10-16-14(4-2)18-12/h11-12H,3-10H2,1-2H3. The first-order valence-electron chi connectivity index (χ1n) is 7.36. The molecule has 2 heterocycles. The molecule has 2 atom stereocenters. The predicted octanol–water partition coefficient (Wildman–Crippen LogP) is 2.39. The maximum atomic E-state index is 5.74. The lowest BCUT2D eigenvalue weighted by Gasteiger charge is -2.11. The van der Waals surface area contributed by atoms with E-state index < -0.39 is 0 Å². The summed E-state index contributed by atoms with van der Waals surface area (Å²) in [4.78, 5) is 0. The zero-order chi connectivity index (χ0) is 12.8. The van der Waals surface area contributed by atoms with Crippen molar-refractivity contribution in [1.82, 2.24) is 0 Å². The van der Waals surface area contributed by atoms with Crippen LogP contribution in [0.15, 0.2) is 0 Å².